The first-order chi connectivity index (χ1) is 9.06. The minimum Gasteiger partial charge on any atom is -0.388 e. The first-order valence-corrected chi connectivity index (χ1v) is 6.47. The topological polar surface area (TPSA) is 63.8 Å². The molecule has 1 aromatic heterocycles. The highest BCUT2D eigenvalue weighted by Gasteiger charge is 2.05. The number of nitrogens with zero attached hydrogens (tertiary/aromatic N) is 2. The van der Waals surface area contributed by atoms with Gasteiger partial charge in [0.05, 0.1) is 0 Å². The number of rotatable bonds is 4. The van der Waals surface area contributed by atoms with Crippen LogP contribution in [-0.4, -0.2) is 15.0 Å². The Morgan fingerprint density at radius 3 is 2.79 bits per heavy atom. The highest BCUT2D eigenvalue weighted by molar-refractivity contribution is 7.80. The first-order valence-electron chi connectivity index (χ1n) is 5.69. The molecule has 3 N–H and O–H groups in total. The second-order valence-corrected chi connectivity index (χ2v) is 4.87. The summed E-state index contributed by atoms with van der Waals surface area (Å²) in [4.78, 5) is 8.78. The molecule has 6 heteroatoms. The van der Waals surface area contributed by atoms with Crippen LogP contribution in [0.15, 0.2) is 30.3 Å². The predicted octanol–water partition coefficient (Wildman–Crippen LogP) is 2.68. The van der Waals surface area contributed by atoms with Crippen LogP contribution < -0.4 is 11.1 Å². The number of hydrogen-bond acceptors (Lipinski definition) is 4. The number of anilines is 1. The van der Waals surface area contributed by atoms with Gasteiger partial charge in [-0.15, -0.1) is 0 Å². The average Bonchev–Trinajstić information content (AvgIpc) is 2.37. The molecule has 0 saturated heterocycles. The molecule has 2 aromatic rings. The number of benzene rings is 1. The predicted molar refractivity (Wildman–Crippen MR) is 81.4 cm³/mol. The van der Waals surface area contributed by atoms with E-state index in [0.717, 1.165) is 11.3 Å². The van der Waals surface area contributed by atoms with E-state index >= 15 is 0 Å². The Morgan fingerprint density at radius 2 is 2.11 bits per heavy atom. The van der Waals surface area contributed by atoms with Crippen molar-refractivity contribution in [3.05, 3.63) is 52.3 Å². The zero-order valence-corrected chi connectivity index (χ0v) is 11.9. The summed E-state index contributed by atoms with van der Waals surface area (Å²) in [5.41, 5.74) is 7.92. The lowest BCUT2D eigenvalue weighted by atomic mass is 10.2. The number of nitrogens with one attached hydrogen (secondary N) is 1. The second kappa shape index (κ2) is 5.95. The minimum absolute atomic E-state index is 0.256. The number of halogens is 1. The van der Waals surface area contributed by atoms with Crippen molar-refractivity contribution < 1.29 is 0 Å². The Bertz CT molecular complexity index is 615. The molecule has 98 valence electrons. The quantitative estimate of drug-likeness (QED) is 0.848. The molecule has 0 saturated carbocycles. The number of aryl methyl sites for hydroxylation is 1. The molecule has 0 aliphatic rings. The van der Waals surface area contributed by atoms with Gasteiger partial charge in [0.25, 0.3) is 0 Å². The second-order valence-electron chi connectivity index (χ2n) is 4.03. The Morgan fingerprint density at radius 1 is 1.37 bits per heavy atom. The van der Waals surface area contributed by atoms with Gasteiger partial charge in [-0.3, -0.25) is 0 Å². The summed E-state index contributed by atoms with van der Waals surface area (Å²) in [6, 6.07) is 9.36. The van der Waals surface area contributed by atoms with Gasteiger partial charge in [-0.25, -0.2) is 9.97 Å². The lowest BCUT2D eigenvalue weighted by molar-refractivity contribution is 1.02. The number of aromatic nitrogens is 2. The molecule has 0 unspecified atom stereocenters. The van der Waals surface area contributed by atoms with Crippen molar-refractivity contribution >= 4 is 34.8 Å². The molecule has 0 amide bonds. The fraction of sp³-hybridized carbons (Fsp3) is 0.154. The van der Waals surface area contributed by atoms with Gasteiger partial charge in [-0.1, -0.05) is 42.0 Å². The molecule has 2 rings (SSSR count). The zero-order valence-electron chi connectivity index (χ0n) is 10.4. The van der Waals surface area contributed by atoms with Crippen molar-refractivity contribution in [3.63, 3.8) is 0 Å². The van der Waals surface area contributed by atoms with E-state index < -0.39 is 0 Å². The molecule has 19 heavy (non-hydrogen) atoms. The maximum absolute atomic E-state index is 6.08. The minimum atomic E-state index is 0.256. The van der Waals surface area contributed by atoms with E-state index in [1.54, 1.807) is 6.07 Å². The molecule has 0 aliphatic carbocycles. The molecule has 0 spiro atoms. The fourth-order valence-electron chi connectivity index (χ4n) is 1.59. The van der Waals surface area contributed by atoms with Crippen molar-refractivity contribution in [3.8, 4) is 0 Å². The SMILES string of the molecule is Cc1cc(C(N)=S)nc(NCc2ccccc2Cl)n1. The molecule has 4 nitrogen and oxygen atoms in total. The van der Waals surface area contributed by atoms with Gasteiger partial charge < -0.3 is 11.1 Å². The highest BCUT2D eigenvalue weighted by Crippen LogP contribution is 2.16. The standard InChI is InChI=1S/C13H13ClN4S/c1-8-6-11(12(15)19)18-13(17-8)16-7-9-4-2-3-5-10(9)14/h2-6H,7H2,1H3,(H2,15,19)(H,16,17,18). The molecule has 0 aliphatic heterocycles. The zero-order chi connectivity index (χ0) is 13.8. The first kappa shape index (κ1) is 13.7. The summed E-state index contributed by atoms with van der Waals surface area (Å²) in [6.45, 7) is 2.41. The average molecular weight is 293 g/mol. The van der Waals surface area contributed by atoms with E-state index in [4.69, 9.17) is 29.6 Å². The van der Waals surface area contributed by atoms with Crippen LogP contribution in [0.3, 0.4) is 0 Å². The lowest BCUT2D eigenvalue weighted by Gasteiger charge is -2.08. The molecule has 1 heterocycles. The van der Waals surface area contributed by atoms with Crippen LogP contribution in [0.4, 0.5) is 5.95 Å². The van der Waals surface area contributed by atoms with Gasteiger partial charge in [-0.2, -0.15) is 0 Å². The van der Waals surface area contributed by atoms with Crippen molar-refractivity contribution in [1.82, 2.24) is 9.97 Å². The van der Waals surface area contributed by atoms with Crippen molar-refractivity contribution in [2.24, 2.45) is 5.73 Å². The molecule has 1 aromatic carbocycles. The number of nitrogens with two attached hydrogens (primary N) is 1. The summed E-state index contributed by atoms with van der Waals surface area (Å²) in [6.07, 6.45) is 0. The van der Waals surface area contributed by atoms with Crippen LogP contribution >= 0.6 is 23.8 Å². The van der Waals surface area contributed by atoms with Gasteiger partial charge in [0.2, 0.25) is 5.95 Å². The molecule has 0 atom stereocenters. The summed E-state index contributed by atoms with van der Waals surface area (Å²) in [7, 11) is 0. The molecule has 0 bridgehead atoms. The number of hydrogen-bond donors (Lipinski definition) is 2. The number of thiocarbonyl (C=S) groups is 1. The third-order valence-corrected chi connectivity index (χ3v) is 3.08. The summed E-state index contributed by atoms with van der Waals surface area (Å²) >= 11 is 11.0. The Balaban J connectivity index is 2.16. The Kier molecular flexibility index (Phi) is 4.29. The van der Waals surface area contributed by atoms with Gasteiger partial charge in [0, 0.05) is 17.3 Å². The van der Waals surface area contributed by atoms with Gasteiger partial charge in [0.1, 0.15) is 10.7 Å². The van der Waals surface area contributed by atoms with Crippen LogP contribution in [0.25, 0.3) is 0 Å². The molecule has 0 fully saturated rings. The van der Waals surface area contributed by atoms with E-state index in [1.807, 2.05) is 31.2 Å². The van der Waals surface area contributed by atoms with Crippen molar-refractivity contribution in [2.45, 2.75) is 13.5 Å². The summed E-state index contributed by atoms with van der Waals surface area (Å²) in [5.74, 6) is 0.489. The summed E-state index contributed by atoms with van der Waals surface area (Å²) in [5, 5.41) is 3.82. The van der Waals surface area contributed by atoms with E-state index in [0.29, 0.717) is 23.2 Å². The van der Waals surface area contributed by atoms with Gasteiger partial charge in [0.15, 0.2) is 0 Å². The monoisotopic (exact) mass is 292 g/mol. The van der Waals surface area contributed by atoms with Crippen molar-refractivity contribution in [2.75, 3.05) is 5.32 Å². The Hall–Kier alpha value is -1.72. The third-order valence-electron chi connectivity index (χ3n) is 2.50. The third kappa shape index (κ3) is 3.62. The van der Waals surface area contributed by atoms with Crippen LogP contribution in [0.5, 0.6) is 0 Å². The summed E-state index contributed by atoms with van der Waals surface area (Å²) < 4.78 is 0. The molecular weight excluding hydrogens is 280 g/mol. The maximum Gasteiger partial charge on any atom is 0.223 e. The van der Waals surface area contributed by atoms with Crippen molar-refractivity contribution in [1.29, 1.82) is 0 Å². The van der Waals surface area contributed by atoms with Gasteiger partial charge in [-0.05, 0) is 24.6 Å². The van der Waals surface area contributed by atoms with Crippen LogP contribution in [-0.2, 0) is 6.54 Å². The van der Waals surface area contributed by atoms with Crippen LogP contribution in [0, 0.1) is 6.92 Å². The lowest BCUT2D eigenvalue weighted by Crippen LogP contribution is -2.14. The Labute approximate surface area is 122 Å². The van der Waals surface area contributed by atoms with Crippen LogP contribution in [0.1, 0.15) is 17.0 Å². The van der Waals surface area contributed by atoms with Crippen LogP contribution in [0.2, 0.25) is 5.02 Å². The van der Waals surface area contributed by atoms with E-state index in [-0.39, 0.29) is 4.99 Å². The smallest absolute Gasteiger partial charge is 0.223 e. The molecular formula is C13H13ClN4S. The van der Waals surface area contributed by atoms with E-state index in [2.05, 4.69) is 15.3 Å². The fourth-order valence-corrected chi connectivity index (χ4v) is 1.90. The van der Waals surface area contributed by atoms with E-state index in [1.165, 1.54) is 0 Å². The maximum atomic E-state index is 6.08. The van der Waals surface area contributed by atoms with Gasteiger partial charge >= 0.3 is 0 Å². The normalized spacial score (nSPS) is 10.2. The van der Waals surface area contributed by atoms with E-state index in [9.17, 15) is 0 Å². The highest BCUT2D eigenvalue weighted by atomic mass is 35.5. The molecule has 0 radical (unpaired) electrons. The largest absolute Gasteiger partial charge is 0.388 e.